The average Bonchev–Trinajstić information content (AvgIpc) is 2.45. The van der Waals surface area contributed by atoms with Crippen molar-refractivity contribution in [1.82, 2.24) is 15.0 Å². The first kappa shape index (κ1) is 14.0. The molecule has 0 unspecified atom stereocenters. The largest absolute Gasteiger partial charge is 0.252 e. The molecule has 0 saturated heterocycles. The predicted molar refractivity (Wildman–Crippen MR) is 86.5 cm³/mol. The van der Waals surface area contributed by atoms with Gasteiger partial charge >= 0.3 is 0 Å². The molecule has 2 aromatic heterocycles. The van der Waals surface area contributed by atoms with Gasteiger partial charge in [-0.1, -0.05) is 56.6 Å². The zero-order valence-electron chi connectivity index (χ0n) is 12.3. The smallest absolute Gasteiger partial charge is 0.180 e. The van der Waals surface area contributed by atoms with Crippen molar-refractivity contribution in [3.63, 3.8) is 0 Å². The fraction of sp³-hybridized carbons (Fsp3) is 0.235. The molecule has 0 saturated carbocycles. The van der Waals surface area contributed by atoms with Gasteiger partial charge in [0.1, 0.15) is 10.8 Å². The van der Waals surface area contributed by atoms with Crippen LogP contribution < -0.4 is 0 Å². The number of rotatable bonds is 1. The minimum Gasteiger partial charge on any atom is -0.252 e. The van der Waals surface area contributed by atoms with Crippen LogP contribution in [0.3, 0.4) is 0 Å². The number of benzene rings is 1. The molecule has 0 spiro atoms. The van der Waals surface area contributed by atoms with E-state index in [4.69, 9.17) is 11.6 Å². The highest BCUT2D eigenvalue weighted by atomic mass is 35.5. The summed E-state index contributed by atoms with van der Waals surface area (Å²) in [6.07, 6.45) is 1.78. The zero-order valence-corrected chi connectivity index (χ0v) is 13.0. The van der Waals surface area contributed by atoms with E-state index in [1.54, 1.807) is 6.20 Å². The van der Waals surface area contributed by atoms with Crippen LogP contribution in [0.5, 0.6) is 0 Å². The van der Waals surface area contributed by atoms with Gasteiger partial charge in [0, 0.05) is 17.0 Å². The fourth-order valence-corrected chi connectivity index (χ4v) is 2.39. The van der Waals surface area contributed by atoms with Crippen LogP contribution in [0, 0.1) is 0 Å². The highest BCUT2D eigenvalue weighted by Crippen LogP contribution is 2.28. The van der Waals surface area contributed by atoms with Gasteiger partial charge in [-0.15, -0.1) is 0 Å². The van der Waals surface area contributed by atoms with Gasteiger partial charge in [-0.3, -0.25) is 4.98 Å². The maximum atomic E-state index is 6.18. The molecule has 3 aromatic rings. The summed E-state index contributed by atoms with van der Waals surface area (Å²) in [6, 6.07) is 11.9. The Labute approximate surface area is 129 Å². The lowest BCUT2D eigenvalue weighted by molar-refractivity contribution is 0.568. The Hall–Kier alpha value is -2.00. The molecule has 106 valence electrons. The predicted octanol–water partition coefficient (Wildman–Crippen LogP) is 4.64. The fourth-order valence-electron chi connectivity index (χ4n) is 2.21. The molecule has 1 aromatic carbocycles. The summed E-state index contributed by atoms with van der Waals surface area (Å²) in [5.41, 5.74) is 1.58. The molecule has 0 fully saturated rings. The molecule has 3 rings (SSSR count). The highest BCUT2D eigenvalue weighted by molar-refractivity contribution is 6.29. The molecule has 0 atom stereocenters. The van der Waals surface area contributed by atoms with E-state index in [0.717, 1.165) is 22.2 Å². The minimum atomic E-state index is -0.0914. The summed E-state index contributed by atoms with van der Waals surface area (Å²) in [6.45, 7) is 6.31. The summed E-state index contributed by atoms with van der Waals surface area (Å²) < 4.78 is 0. The Kier molecular flexibility index (Phi) is 3.38. The van der Waals surface area contributed by atoms with Crippen molar-refractivity contribution in [3.05, 3.63) is 53.4 Å². The minimum absolute atomic E-state index is 0.0914. The quantitative estimate of drug-likeness (QED) is 0.614. The van der Waals surface area contributed by atoms with Crippen molar-refractivity contribution in [2.45, 2.75) is 26.2 Å². The van der Waals surface area contributed by atoms with Crippen LogP contribution in [0.2, 0.25) is 5.15 Å². The molecule has 3 nitrogen and oxygen atoms in total. The third kappa shape index (κ3) is 2.74. The van der Waals surface area contributed by atoms with E-state index in [2.05, 4.69) is 41.8 Å². The number of pyridine rings is 1. The van der Waals surface area contributed by atoms with E-state index in [-0.39, 0.29) is 5.41 Å². The number of fused-ring (bicyclic) bond motifs is 1. The van der Waals surface area contributed by atoms with Gasteiger partial charge in [0.15, 0.2) is 5.82 Å². The number of nitrogens with zero attached hydrogens (tertiary/aromatic N) is 3. The molecule has 0 amide bonds. The highest BCUT2D eigenvalue weighted by Gasteiger charge is 2.19. The van der Waals surface area contributed by atoms with Crippen LogP contribution >= 0.6 is 11.6 Å². The molecule has 0 aliphatic carbocycles. The molecule has 0 N–H and O–H groups in total. The van der Waals surface area contributed by atoms with Crippen molar-refractivity contribution in [3.8, 4) is 11.5 Å². The molecular weight excluding hydrogens is 282 g/mol. The number of halogens is 1. The number of hydrogen-bond acceptors (Lipinski definition) is 3. The standard InChI is InChI=1S/C17H16ClN3/c1-17(2,3)13-10-14(18)21-16(20-13)15-12-7-5-4-6-11(12)8-9-19-15/h4-10H,1-3H3. The van der Waals surface area contributed by atoms with Gasteiger partial charge in [-0.2, -0.15) is 0 Å². The second-order valence-corrected chi connectivity index (χ2v) is 6.42. The Balaban J connectivity index is 2.26. The molecule has 0 aliphatic rings. The van der Waals surface area contributed by atoms with Crippen LogP contribution in [0.1, 0.15) is 26.5 Å². The lowest BCUT2D eigenvalue weighted by Gasteiger charge is -2.18. The topological polar surface area (TPSA) is 38.7 Å². The molecule has 0 radical (unpaired) electrons. The van der Waals surface area contributed by atoms with Crippen molar-refractivity contribution in [2.75, 3.05) is 0 Å². The normalized spacial score (nSPS) is 11.8. The summed E-state index contributed by atoms with van der Waals surface area (Å²) in [4.78, 5) is 13.5. The maximum Gasteiger partial charge on any atom is 0.180 e. The summed E-state index contributed by atoms with van der Waals surface area (Å²) in [7, 11) is 0. The number of aromatic nitrogens is 3. The molecule has 21 heavy (non-hydrogen) atoms. The monoisotopic (exact) mass is 297 g/mol. The second kappa shape index (κ2) is 5.08. The van der Waals surface area contributed by atoms with E-state index in [1.165, 1.54) is 0 Å². The van der Waals surface area contributed by atoms with Gasteiger partial charge in [0.05, 0.1) is 5.69 Å². The van der Waals surface area contributed by atoms with Crippen LogP contribution in [0.4, 0.5) is 0 Å². The zero-order chi connectivity index (χ0) is 15.0. The van der Waals surface area contributed by atoms with E-state index in [0.29, 0.717) is 11.0 Å². The summed E-state index contributed by atoms with van der Waals surface area (Å²) in [5.74, 6) is 0.573. The SMILES string of the molecule is CC(C)(C)c1cc(Cl)nc(-c2nccc3ccccc23)n1. The molecule has 0 aliphatic heterocycles. The Morgan fingerprint density at radius 3 is 2.52 bits per heavy atom. The Bertz CT molecular complexity index is 801. The van der Waals surface area contributed by atoms with Crippen molar-refractivity contribution >= 4 is 22.4 Å². The van der Waals surface area contributed by atoms with Crippen molar-refractivity contribution in [2.24, 2.45) is 0 Å². The maximum absolute atomic E-state index is 6.18. The van der Waals surface area contributed by atoms with Crippen LogP contribution in [-0.4, -0.2) is 15.0 Å². The van der Waals surface area contributed by atoms with E-state index >= 15 is 0 Å². The lowest BCUT2D eigenvalue weighted by atomic mass is 9.92. The van der Waals surface area contributed by atoms with E-state index in [1.807, 2.05) is 30.3 Å². The van der Waals surface area contributed by atoms with Gasteiger partial charge in [-0.05, 0) is 17.5 Å². The first-order chi connectivity index (χ1) is 9.95. The third-order valence-electron chi connectivity index (χ3n) is 3.35. The van der Waals surface area contributed by atoms with E-state index < -0.39 is 0 Å². The van der Waals surface area contributed by atoms with E-state index in [9.17, 15) is 0 Å². The lowest BCUT2D eigenvalue weighted by Crippen LogP contribution is -2.14. The van der Waals surface area contributed by atoms with Crippen molar-refractivity contribution in [1.29, 1.82) is 0 Å². The van der Waals surface area contributed by atoms with Gasteiger partial charge in [-0.25, -0.2) is 9.97 Å². The molecule has 2 heterocycles. The molecular formula is C17H16ClN3. The van der Waals surface area contributed by atoms with Crippen molar-refractivity contribution < 1.29 is 0 Å². The van der Waals surface area contributed by atoms with Gasteiger partial charge < -0.3 is 0 Å². The van der Waals surface area contributed by atoms with Crippen LogP contribution in [-0.2, 0) is 5.41 Å². The van der Waals surface area contributed by atoms with Crippen LogP contribution in [0.25, 0.3) is 22.3 Å². The number of hydrogen-bond donors (Lipinski definition) is 0. The first-order valence-corrected chi connectivity index (χ1v) is 7.22. The second-order valence-electron chi connectivity index (χ2n) is 6.03. The Morgan fingerprint density at radius 2 is 1.76 bits per heavy atom. The van der Waals surface area contributed by atoms with Gasteiger partial charge in [0.2, 0.25) is 0 Å². The molecule has 0 bridgehead atoms. The average molecular weight is 298 g/mol. The Morgan fingerprint density at radius 1 is 1.00 bits per heavy atom. The summed E-state index contributed by atoms with van der Waals surface area (Å²) in [5, 5.41) is 2.59. The molecule has 4 heteroatoms. The third-order valence-corrected chi connectivity index (χ3v) is 3.54. The van der Waals surface area contributed by atoms with Crippen LogP contribution in [0.15, 0.2) is 42.6 Å². The summed E-state index contributed by atoms with van der Waals surface area (Å²) >= 11 is 6.18. The van der Waals surface area contributed by atoms with Gasteiger partial charge in [0.25, 0.3) is 0 Å². The first-order valence-electron chi connectivity index (χ1n) is 6.84.